The molecule has 150 valence electrons. The molecule has 0 amide bonds. The molecule has 1 aromatic heterocycles. The summed E-state index contributed by atoms with van der Waals surface area (Å²) in [6.45, 7) is 8.38. The van der Waals surface area contributed by atoms with Crippen LogP contribution in [0.2, 0.25) is 5.02 Å². The first kappa shape index (κ1) is 20.1. The molecule has 1 aliphatic heterocycles. The smallest absolute Gasteiger partial charge is 0.0476 e. The third-order valence-corrected chi connectivity index (χ3v) is 6.02. The largest absolute Gasteiger partial charge is 0.314 e. The fraction of sp³-hybridized carbons (Fsp3) is 0.320. The zero-order valence-corrected chi connectivity index (χ0v) is 17.9. The lowest BCUT2D eigenvalue weighted by Gasteiger charge is -2.37. The Kier molecular flexibility index (Phi) is 6.29. The third-order valence-electron chi connectivity index (χ3n) is 5.77. The number of nitrogens with one attached hydrogen (secondary N) is 1. The van der Waals surface area contributed by atoms with Crippen LogP contribution >= 0.6 is 11.6 Å². The van der Waals surface area contributed by atoms with Crippen molar-refractivity contribution in [2.45, 2.75) is 32.4 Å². The highest BCUT2D eigenvalue weighted by Gasteiger charge is 2.25. The van der Waals surface area contributed by atoms with Gasteiger partial charge in [0, 0.05) is 55.2 Å². The summed E-state index contributed by atoms with van der Waals surface area (Å²) in [5.41, 5.74) is 6.54. The van der Waals surface area contributed by atoms with E-state index in [9.17, 15) is 0 Å². The molecule has 1 atom stereocenters. The number of piperazine rings is 1. The zero-order chi connectivity index (χ0) is 20.2. The molecule has 1 N–H and O–H groups in total. The van der Waals surface area contributed by atoms with Gasteiger partial charge in [0.25, 0.3) is 0 Å². The second-order valence-electron chi connectivity index (χ2n) is 8.02. The van der Waals surface area contributed by atoms with Crippen LogP contribution in [0.15, 0.2) is 67.0 Å². The maximum Gasteiger partial charge on any atom is 0.0476 e. The van der Waals surface area contributed by atoms with E-state index >= 15 is 0 Å². The molecule has 29 heavy (non-hydrogen) atoms. The van der Waals surface area contributed by atoms with Gasteiger partial charge >= 0.3 is 0 Å². The average Bonchev–Trinajstić information content (AvgIpc) is 2.75. The molecule has 0 radical (unpaired) electrons. The Morgan fingerprint density at radius 2 is 1.86 bits per heavy atom. The SMILES string of the molecule is CC(C)c1ccccc1-c1cnccc1CN1CCNC[C@@H]1c1ccc(Cl)cc1. The second-order valence-corrected chi connectivity index (χ2v) is 8.45. The number of benzene rings is 2. The van der Waals surface area contributed by atoms with Gasteiger partial charge in [-0.1, -0.05) is 61.8 Å². The van der Waals surface area contributed by atoms with E-state index in [1.54, 1.807) is 0 Å². The molecule has 4 rings (SSSR count). The molecule has 2 heterocycles. The topological polar surface area (TPSA) is 28.2 Å². The van der Waals surface area contributed by atoms with Crippen LogP contribution in [0.25, 0.3) is 11.1 Å². The normalized spacial score (nSPS) is 17.6. The summed E-state index contributed by atoms with van der Waals surface area (Å²) in [6.07, 6.45) is 3.94. The Morgan fingerprint density at radius 3 is 2.66 bits per heavy atom. The number of rotatable bonds is 5. The quantitative estimate of drug-likeness (QED) is 0.592. The molecule has 1 saturated heterocycles. The maximum absolute atomic E-state index is 6.11. The Labute approximate surface area is 178 Å². The van der Waals surface area contributed by atoms with Crippen LogP contribution in [0.3, 0.4) is 0 Å². The van der Waals surface area contributed by atoms with Gasteiger partial charge in [-0.05, 0) is 46.4 Å². The zero-order valence-electron chi connectivity index (χ0n) is 17.1. The van der Waals surface area contributed by atoms with E-state index in [0.717, 1.165) is 31.2 Å². The maximum atomic E-state index is 6.11. The van der Waals surface area contributed by atoms with Crippen molar-refractivity contribution in [3.05, 3.63) is 88.7 Å². The first-order valence-corrected chi connectivity index (χ1v) is 10.7. The Hall–Kier alpha value is -2.20. The van der Waals surface area contributed by atoms with Gasteiger partial charge in [-0.3, -0.25) is 9.88 Å². The highest BCUT2D eigenvalue weighted by molar-refractivity contribution is 6.30. The monoisotopic (exact) mass is 405 g/mol. The summed E-state index contributed by atoms with van der Waals surface area (Å²) < 4.78 is 0. The minimum Gasteiger partial charge on any atom is -0.314 e. The van der Waals surface area contributed by atoms with E-state index in [-0.39, 0.29) is 0 Å². The van der Waals surface area contributed by atoms with E-state index in [4.69, 9.17) is 11.6 Å². The van der Waals surface area contributed by atoms with Crippen molar-refractivity contribution in [2.24, 2.45) is 0 Å². The third kappa shape index (κ3) is 4.53. The van der Waals surface area contributed by atoms with Crippen molar-refractivity contribution in [3.63, 3.8) is 0 Å². The standard InChI is InChI=1S/C25H28ClN3/c1-18(2)22-5-3-4-6-23(22)24-15-27-12-11-20(24)17-29-14-13-28-16-25(29)19-7-9-21(26)10-8-19/h3-12,15,18,25,28H,13-14,16-17H2,1-2H3/t25-/m1/s1. The lowest BCUT2D eigenvalue weighted by Crippen LogP contribution is -2.45. The van der Waals surface area contributed by atoms with Crippen molar-refractivity contribution < 1.29 is 0 Å². The number of hydrogen-bond donors (Lipinski definition) is 1. The molecule has 3 nitrogen and oxygen atoms in total. The van der Waals surface area contributed by atoms with Crippen LogP contribution in [-0.4, -0.2) is 29.5 Å². The first-order valence-electron chi connectivity index (χ1n) is 10.4. The lowest BCUT2D eigenvalue weighted by molar-refractivity contribution is 0.154. The van der Waals surface area contributed by atoms with Crippen LogP contribution in [0.5, 0.6) is 0 Å². The predicted molar refractivity (Wildman–Crippen MR) is 121 cm³/mol. The first-order chi connectivity index (χ1) is 14.1. The Balaban J connectivity index is 1.67. The minimum absolute atomic E-state index is 0.336. The van der Waals surface area contributed by atoms with Crippen molar-refractivity contribution in [3.8, 4) is 11.1 Å². The number of pyridine rings is 1. The van der Waals surface area contributed by atoms with Gasteiger partial charge in [0.05, 0.1) is 0 Å². The Morgan fingerprint density at radius 1 is 1.07 bits per heavy atom. The molecular formula is C25H28ClN3. The van der Waals surface area contributed by atoms with Gasteiger partial charge in [0.2, 0.25) is 0 Å². The number of halogens is 1. The van der Waals surface area contributed by atoms with E-state index in [0.29, 0.717) is 12.0 Å². The fourth-order valence-electron chi connectivity index (χ4n) is 4.22. The molecule has 1 fully saturated rings. The number of nitrogens with zero attached hydrogens (tertiary/aromatic N) is 2. The van der Waals surface area contributed by atoms with E-state index in [1.165, 1.54) is 27.8 Å². The molecule has 0 unspecified atom stereocenters. The van der Waals surface area contributed by atoms with Crippen LogP contribution in [0.1, 0.15) is 42.5 Å². The highest BCUT2D eigenvalue weighted by Crippen LogP contribution is 2.33. The van der Waals surface area contributed by atoms with Crippen LogP contribution in [0, 0.1) is 0 Å². The predicted octanol–water partition coefficient (Wildman–Crippen LogP) is 5.67. The Bertz CT molecular complexity index is 952. The molecule has 1 aliphatic rings. The van der Waals surface area contributed by atoms with Crippen LogP contribution in [0.4, 0.5) is 0 Å². The van der Waals surface area contributed by atoms with Gasteiger partial charge in [-0.15, -0.1) is 0 Å². The summed E-state index contributed by atoms with van der Waals surface area (Å²) in [5, 5.41) is 4.33. The second kappa shape index (κ2) is 9.08. The number of hydrogen-bond acceptors (Lipinski definition) is 3. The van der Waals surface area contributed by atoms with Gasteiger partial charge in [0.1, 0.15) is 0 Å². The molecular weight excluding hydrogens is 378 g/mol. The van der Waals surface area contributed by atoms with E-state index < -0.39 is 0 Å². The highest BCUT2D eigenvalue weighted by atomic mass is 35.5. The van der Waals surface area contributed by atoms with E-state index in [2.05, 4.69) is 71.5 Å². The summed E-state index contributed by atoms with van der Waals surface area (Å²) in [6, 6.07) is 19.5. The fourth-order valence-corrected chi connectivity index (χ4v) is 4.34. The van der Waals surface area contributed by atoms with Crippen molar-refractivity contribution in [1.29, 1.82) is 0 Å². The van der Waals surface area contributed by atoms with E-state index in [1.807, 2.05) is 24.5 Å². The summed E-state index contributed by atoms with van der Waals surface area (Å²) in [5.74, 6) is 0.472. The van der Waals surface area contributed by atoms with Gasteiger partial charge in [-0.25, -0.2) is 0 Å². The summed E-state index contributed by atoms with van der Waals surface area (Å²) in [4.78, 5) is 7.02. The van der Waals surface area contributed by atoms with Gasteiger partial charge in [-0.2, -0.15) is 0 Å². The number of aromatic nitrogens is 1. The summed E-state index contributed by atoms with van der Waals surface area (Å²) >= 11 is 6.11. The van der Waals surface area contributed by atoms with Gasteiger partial charge in [0.15, 0.2) is 0 Å². The molecule has 4 heteroatoms. The molecule has 0 aliphatic carbocycles. The van der Waals surface area contributed by atoms with Crippen molar-refractivity contribution in [1.82, 2.24) is 15.2 Å². The van der Waals surface area contributed by atoms with Crippen LogP contribution in [-0.2, 0) is 6.54 Å². The molecule has 0 spiro atoms. The molecule has 0 saturated carbocycles. The lowest BCUT2D eigenvalue weighted by atomic mass is 9.91. The average molecular weight is 406 g/mol. The van der Waals surface area contributed by atoms with Crippen LogP contribution < -0.4 is 5.32 Å². The molecule has 0 bridgehead atoms. The van der Waals surface area contributed by atoms with Crippen molar-refractivity contribution >= 4 is 11.6 Å². The molecule has 2 aromatic carbocycles. The summed E-state index contributed by atoms with van der Waals surface area (Å²) in [7, 11) is 0. The minimum atomic E-state index is 0.336. The van der Waals surface area contributed by atoms with Crippen molar-refractivity contribution in [2.75, 3.05) is 19.6 Å². The van der Waals surface area contributed by atoms with Gasteiger partial charge < -0.3 is 5.32 Å². The molecule has 3 aromatic rings.